The third-order valence-electron chi connectivity index (χ3n) is 4.90. The lowest BCUT2D eigenvalue weighted by molar-refractivity contribution is -0.137. The fourth-order valence-electron chi connectivity index (χ4n) is 3.28. The largest absolute Gasteiger partial charge is 0.497 e. The molecule has 0 bridgehead atoms. The van der Waals surface area contributed by atoms with Crippen LogP contribution in [0.2, 0.25) is 0 Å². The summed E-state index contributed by atoms with van der Waals surface area (Å²) in [6, 6.07) is 6.95. The van der Waals surface area contributed by atoms with Crippen molar-refractivity contribution in [2.75, 3.05) is 20.3 Å². The standard InChI is InChI=1S/C22H30O8/c1-28-16-8-10-17(11-9-16)29-13-15(23)14-30-22-18(19(24)12-20(22)25)6-4-2-3-5-7-21(26)27/h2,4,8-11,15,18,20,22-23,25H,3,5-7,12-14H2,1H3,(H,26,27). The van der Waals surface area contributed by atoms with Crippen LogP contribution in [0.25, 0.3) is 0 Å². The molecular weight excluding hydrogens is 392 g/mol. The van der Waals surface area contributed by atoms with Crippen LogP contribution >= 0.6 is 0 Å². The van der Waals surface area contributed by atoms with Crippen molar-refractivity contribution in [3.63, 3.8) is 0 Å². The zero-order valence-corrected chi connectivity index (χ0v) is 17.1. The maximum Gasteiger partial charge on any atom is 0.303 e. The summed E-state index contributed by atoms with van der Waals surface area (Å²) in [7, 11) is 1.57. The number of ether oxygens (including phenoxy) is 3. The zero-order chi connectivity index (χ0) is 21.9. The minimum atomic E-state index is -0.915. The molecule has 1 fully saturated rings. The van der Waals surface area contributed by atoms with Crippen LogP contribution < -0.4 is 9.47 Å². The Bertz CT molecular complexity index is 700. The van der Waals surface area contributed by atoms with Gasteiger partial charge in [-0.25, -0.2) is 0 Å². The average Bonchev–Trinajstić information content (AvgIpc) is 2.99. The number of carbonyl (C=O) groups excluding carboxylic acids is 1. The van der Waals surface area contributed by atoms with Crippen LogP contribution in [0.15, 0.2) is 36.4 Å². The highest BCUT2D eigenvalue weighted by molar-refractivity contribution is 5.85. The number of ketones is 1. The van der Waals surface area contributed by atoms with Crippen molar-refractivity contribution in [3.05, 3.63) is 36.4 Å². The number of aliphatic carboxylic acids is 1. The molecule has 1 aliphatic carbocycles. The van der Waals surface area contributed by atoms with Gasteiger partial charge in [-0.1, -0.05) is 12.2 Å². The van der Waals surface area contributed by atoms with Gasteiger partial charge in [-0.05, 0) is 43.5 Å². The molecule has 8 nitrogen and oxygen atoms in total. The van der Waals surface area contributed by atoms with Gasteiger partial charge in [0.25, 0.3) is 0 Å². The van der Waals surface area contributed by atoms with Gasteiger partial charge < -0.3 is 29.5 Å². The first-order chi connectivity index (χ1) is 14.4. The monoisotopic (exact) mass is 422 g/mol. The number of hydrogen-bond acceptors (Lipinski definition) is 7. The Kier molecular flexibility index (Phi) is 9.79. The zero-order valence-electron chi connectivity index (χ0n) is 17.1. The molecule has 1 aliphatic rings. The summed E-state index contributed by atoms with van der Waals surface area (Å²) >= 11 is 0. The smallest absolute Gasteiger partial charge is 0.303 e. The Morgan fingerprint density at radius 1 is 1.20 bits per heavy atom. The second kappa shape index (κ2) is 12.3. The minimum Gasteiger partial charge on any atom is -0.497 e. The van der Waals surface area contributed by atoms with Crippen LogP contribution in [-0.4, -0.2) is 65.7 Å². The molecule has 166 valence electrons. The number of aliphatic hydroxyl groups excluding tert-OH is 2. The molecule has 0 spiro atoms. The van der Waals surface area contributed by atoms with E-state index in [1.165, 1.54) is 0 Å². The molecule has 0 aromatic heterocycles. The summed E-state index contributed by atoms with van der Waals surface area (Å²) in [5.41, 5.74) is 0. The number of carbonyl (C=O) groups is 2. The minimum absolute atomic E-state index is 0.0111. The first kappa shape index (κ1) is 23.9. The quantitative estimate of drug-likeness (QED) is 0.326. The number of rotatable bonds is 13. The highest BCUT2D eigenvalue weighted by atomic mass is 16.5. The van der Waals surface area contributed by atoms with Crippen LogP contribution in [0.5, 0.6) is 11.5 Å². The molecule has 4 atom stereocenters. The Balaban J connectivity index is 1.75. The van der Waals surface area contributed by atoms with E-state index in [0.717, 1.165) is 0 Å². The van der Waals surface area contributed by atoms with Gasteiger partial charge in [-0.2, -0.15) is 0 Å². The Morgan fingerprint density at radius 2 is 1.90 bits per heavy atom. The number of benzene rings is 1. The van der Waals surface area contributed by atoms with Crippen molar-refractivity contribution in [2.24, 2.45) is 5.92 Å². The van der Waals surface area contributed by atoms with E-state index in [1.807, 2.05) is 12.2 Å². The van der Waals surface area contributed by atoms with Gasteiger partial charge in [-0.3, -0.25) is 9.59 Å². The number of Topliss-reactive ketones (excluding diaryl/α,β-unsaturated/α-hetero) is 1. The van der Waals surface area contributed by atoms with Gasteiger partial charge in [0, 0.05) is 18.8 Å². The van der Waals surface area contributed by atoms with Crippen molar-refractivity contribution in [1.29, 1.82) is 0 Å². The third-order valence-corrected chi connectivity index (χ3v) is 4.90. The van der Waals surface area contributed by atoms with E-state index in [0.29, 0.717) is 30.8 Å². The molecule has 0 aliphatic heterocycles. The van der Waals surface area contributed by atoms with Crippen LogP contribution in [0.3, 0.4) is 0 Å². The molecule has 1 aromatic carbocycles. The lowest BCUT2D eigenvalue weighted by atomic mass is 9.99. The van der Waals surface area contributed by atoms with Crippen molar-refractivity contribution < 1.29 is 39.1 Å². The topological polar surface area (TPSA) is 123 Å². The SMILES string of the molecule is COc1ccc(OCC(O)COC2C(O)CC(=O)C2CC=CCCCC(=O)O)cc1. The molecule has 1 aromatic rings. The van der Waals surface area contributed by atoms with E-state index in [4.69, 9.17) is 19.3 Å². The molecule has 4 unspecified atom stereocenters. The van der Waals surface area contributed by atoms with Gasteiger partial charge in [-0.15, -0.1) is 0 Å². The summed E-state index contributed by atoms with van der Waals surface area (Å²) in [6.07, 6.45) is 2.85. The second-order valence-electron chi connectivity index (χ2n) is 7.28. The molecule has 2 rings (SSSR count). The lowest BCUT2D eigenvalue weighted by Gasteiger charge is -2.22. The maximum atomic E-state index is 12.2. The fraction of sp³-hybridized carbons (Fsp3) is 0.545. The molecule has 30 heavy (non-hydrogen) atoms. The summed E-state index contributed by atoms with van der Waals surface area (Å²) in [6.45, 7) is -0.0543. The van der Waals surface area contributed by atoms with Crippen molar-refractivity contribution in [2.45, 2.75) is 50.4 Å². The highest BCUT2D eigenvalue weighted by Gasteiger charge is 2.41. The van der Waals surface area contributed by atoms with Gasteiger partial charge in [0.05, 0.1) is 25.9 Å². The van der Waals surface area contributed by atoms with E-state index >= 15 is 0 Å². The molecule has 0 heterocycles. The number of unbranched alkanes of at least 4 members (excludes halogenated alkanes) is 1. The summed E-state index contributed by atoms with van der Waals surface area (Å²) in [5, 5.41) is 28.9. The molecule has 3 N–H and O–H groups in total. The molecule has 0 saturated heterocycles. The van der Waals surface area contributed by atoms with Gasteiger partial charge in [0.1, 0.15) is 30.0 Å². The maximum absolute atomic E-state index is 12.2. The first-order valence-electron chi connectivity index (χ1n) is 10.0. The summed E-state index contributed by atoms with van der Waals surface area (Å²) in [5.74, 6) is -0.109. The van der Waals surface area contributed by atoms with Crippen LogP contribution in [0.1, 0.15) is 32.1 Å². The molecule has 0 amide bonds. The molecular formula is C22H30O8. The molecule has 8 heteroatoms. The number of hydrogen-bond donors (Lipinski definition) is 3. The van der Waals surface area contributed by atoms with Crippen LogP contribution in [0, 0.1) is 5.92 Å². The van der Waals surface area contributed by atoms with Crippen LogP contribution in [0.4, 0.5) is 0 Å². The average molecular weight is 422 g/mol. The first-order valence-corrected chi connectivity index (χ1v) is 10.0. The third kappa shape index (κ3) is 7.78. The predicted octanol–water partition coefficient (Wildman–Crippen LogP) is 1.97. The molecule has 1 saturated carbocycles. The van der Waals surface area contributed by atoms with Crippen molar-refractivity contribution in [3.8, 4) is 11.5 Å². The van der Waals surface area contributed by atoms with E-state index < -0.39 is 30.2 Å². The van der Waals surface area contributed by atoms with E-state index in [2.05, 4.69) is 0 Å². The van der Waals surface area contributed by atoms with Crippen molar-refractivity contribution in [1.82, 2.24) is 0 Å². The Labute approximate surface area is 176 Å². The van der Waals surface area contributed by atoms with E-state index in [-0.39, 0.29) is 31.8 Å². The van der Waals surface area contributed by atoms with Gasteiger partial charge >= 0.3 is 5.97 Å². The number of carboxylic acids is 1. The number of methoxy groups -OCH3 is 1. The predicted molar refractivity (Wildman–Crippen MR) is 109 cm³/mol. The van der Waals surface area contributed by atoms with Gasteiger partial charge in [0.2, 0.25) is 0 Å². The Hall–Kier alpha value is -2.42. The van der Waals surface area contributed by atoms with E-state index in [9.17, 15) is 19.8 Å². The Morgan fingerprint density at radius 3 is 2.57 bits per heavy atom. The summed E-state index contributed by atoms with van der Waals surface area (Å²) < 4.78 is 16.2. The number of allylic oxidation sites excluding steroid dienone is 2. The number of carboxylic acid groups (broad SMARTS) is 1. The second-order valence-corrected chi connectivity index (χ2v) is 7.28. The van der Waals surface area contributed by atoms with Gasteiger partial charge in [0.15, 0.2) is 0 Å². The van der Waals surface area contributed by atoms with Crippen molar-refractivity contribution >= 4 is 11.8 Å². The van der Waals surface area contributed by atoms with E-state index in [1.54, 1.807) is 31.4 Å². The molecule has 0 radical (unpaired) electrons. The number of aliphatic hydroxyl groups is 2. The van der Waals surface area contributed by atoms with Crippen LogP contribution in [-0.2, 0) is 14.3 Å². The fourth-order valence-corrected chi connectivity index (χ4v) is 3.28. The highest BCUT2D eigenvalue weighted by Crippen LogP contribution is 2.29. The lowest BCUT2D eigenvalue weighted by Crippen LogP contribution is -2.34. The normalized spacial score (nSPS) is 22.4. The summed E-state index contributed by atoms with van der Waals surface area (Å²) in [4.78, 5) is 22.7.